The number of rotatable bonds is 6. The summed E-state index contributed by atoms with van der Waals surface area (Å²) in [5, 5.41) is 10.5. The summed E-state index contributed by atoms with van der Waals surface area (Å²) in [6.45, 7) is 3.65. The van der Waals surface area contributed by atoms with Crippen LogP contribution in [0.3, 0.4) is 0 Å². The maximum Gasteiger partial charge on any atom is 0.368 e. The molecule has 0 spiro atoms. The van der Waals surface area contributed by atoms with Crippen LogP contribution in [-0.4, -0.2) is 25.7 Å². The largest absolute Gasteiger partial charge is 0.368 e. The number of hydrogen-bond donors (Lipinski definition) is 1. The number of nitrogens with zero attached hydrogens (tertiary/aromatic N) is 4. The first-order chi connectivity index (χ1) is 13.0. The van der Waals surface area contributed by atoms with Gasteiger partial charge in [-0.25, -0.2) is 9.18 Å². The van der Waals surface area contributed by atoms with Crippen LogP contribution in [0.15, 0.2) is 59.4 Å². The minimum atomic E-state index is -0.501. The van der Waals surface area contributed by atoms with E-state index in [2.05, 4.69) is 15.7 Å². The number of halogens is 1. The number of aromatic nitrogens is 4. The first-order valence-corrected chi connectivity index (χ1v) is 8.59. The Hall–Kier alpha value is -3.29. The molecule has 1 atom stereocenters. The second-order valence-electron chi connectivity index (χ2n) is 6.51. The second kappa shape index (κ2) is 7.94. The van der Waals surface area contributed by atoms with Crippen molar-refractivity contribution in [3.05, 3.63) is 76.5 Å². The van der Waals surface area contributed by atoms with Crippen molar-refractivity contribution in [1.29, 1.82) is 0 Å². The number of carbonyl (C=O) groups excluding carboxylic acids is 1. The molecule has 0 bridgehead atoms. The average Bonchev–Trinajstić information content (AvgIpc) is 3.01. The SMILES string of the molecule is CC(C)[C@@H](NC(=O)Cn1nnn(-c2ccccc2)c1=O)c1ccc(F)cc1. The maximum absolute atomic E-state index is 13.1. The lowest BCUT2D eigenvalue weighted by molar-refractivity contribution is -0.123. The van der Waals surface area contributed by atoms with Gasteiger partial charge in [-0.15, -0.1) is 0 Å². The van der Waals surface area contributed by atoms with Gasteiger partial charge < -0.3 is 5.32 Å². The number of benzene rings is 2. The molecular weight excluding hydrogens is 349 g/mol. The highest BCUT2D eigenvalue weighted by Gasteiger charge is 2.20. The van der Waals surface area contributed by atoms with Crippen molar-refractivity contribution < 1.29 is 9.18 Å². The Bertz CT molecular complexity index is 964. The normalized spacial score (nSPS) is 12.1. The zero-order valence-corrected chi connectivity index (χ0v) is 15.0. The van der Waals surface area contributed by atoms with Crippen LogP contribution >= 0.6 is 0 Å². The summed E-state index contributed by atoms with van der Waals surface area (Å²) in [6, 6.07) is 14.5. The number of nitrogens with one attached hydrogen (secondary N) is 1. The van der Waals surface area contributed by atoms with Gasteiger partial charge in [-0.3, -0.25) is 4.79 Å². The molecule has 1 N–H and O–H groups in total. The lowest BCUT2D eigenvalue weighted by Crippen LogP contribution is -2.37. The van der Waals surface area contributed by atoms with Gasteiger partial charge in [-0.1, -0.05) is 44.2 Å². The summed E-state index contributed by atoms with van der Waals surface area (Å²) in [7, 11) is 0. The number of carbonyl (C=O) groups is 1. The molecule has 0 aliphatic heterocycles. The molecule has 0 saturated carbocycles. The molecule has 1 amide bonds. The van der Waals surface area contributed by atoms with Crippen molar-refractivity contribution in [2.24, 2.45) is 5.92 Å². The van der Waals surface area contributed by atoms with Gasteiger partial charge in [0.1, 0.15) is 12.4 Å². The Morgan fingerprint density at radius 1 is 1.07 bits per heavy atom. The van der Waals surface area contributed by atoms with E-state index in [0.717, 1.165) is 14.9 Å². The van der Waals surface area contributed by atoms with E-state index in [1.54, 1.807) is 36.4 Å². The average molecular weight is 369 g/mol. The van der Waals surface area contributed by atoms with Crippen molar-refractivity contribution in [1.82, 2.24) is 25.1 Å². The fraction of sp³-hybridized carbons (Fsp3) is 0.263. The van der Waals surface area contributed by atoms with E-state index in [1.165, 1.54) is 12.1 Å². The van der Waals surface area contributed by atoms with E-state index in [-0.39, 0.29) is 30.2 Å². The third kappa shape index (κ3) is 4.28. The molecule has 2 aromatic carbocycles. The van der Waals surface area contributed by atoms with E-state index in [0.29, 0.717) is 5.69 Å². The standard InChI is InChI=1S/C19H20FN5O2/c1-13(2)18(14-8-10-15(20)11-9-14)21-17(26)12-24-19(27)25(23-22-24)16-6-4-3-5-7-16/h3-11,13,18H,12H2,1-2H3,(H,21,26)/t18-/m1/s1. The highest BCUT2D eigenvalue weighted by Crippen LogP contribution is 2.21. The van der Waals surface area contributed by atoms with Crippen molar-refractivity contribution in [3.63, 3.8) is 0 Å². The summed E-state index contributed by atoms with van der Waals surface area (Å²) in [5.74, 6) is -0.631. The Morgan fingerprint density at radius 2 is 1.74 bits per heavy atom. The number of amides is 1. The first-order valence-electron chi connectivity index (χ1n) is 8.59. The van der Waals surface area contributed by atoms with Crippen LogP contribution in [0.2, 0.25) is 0 Å². The van der Waals surface area contributed by atoms with Gasteiger partial charge in [0, 0.05) is 0 Å². The Labute approximate surface area is 155 Å². The van der Waals surface area contributed by atoms with Gasteiger partial charge in [-0.05, 0) is 46.2 Å². The van der Waals surface area contributed by atoms with E-state index in [4.69, 9.17) is 0 Å². The van der Waals surface area contributed by atoms with Crippen LogP contribution in [0, 0.1) is 11.7 Å². The predicted octanol–water partition coefficient (Wildman–Crippen LogP) is 2.08. The molecule has 7 nitrogen and oxygen atoms in total. The molecule has 1 heterocycles. The van der Waals surface area contributed by atoms with Gasteiger partial charge in [0.2, 0.25) is 5.91 Å². The summed E-state index contributed by atoms with van der Waals surface area (Å²) in [4.78, 5) is 24.9. The maximum atomic E-state index is 13.1. The molecule has 140 valence electrons. The summed E-state index contributed by atoms with van der Waals surface area (Å²) >= 11 is 0. The van der Waals surface area contributed by atoms with E-state index >= 15 is 0 Å². The smallest absolute Gasteiger partial charge is 0.347 e. The van der Waals surface area contributed by atoms with Crippen LogP contribution in [0.1, 0.15) is 25.5 Å². The molecule has 0 aliphatic rings. The Balaban J connectivity index is 1.74. The number of para-hydroxylation sites is 1. The van der Waals surface area contributed by atoms with E-state index in [1.807, 2.05) is 19.9 Å². The van der Waals surface area contributed by atoms with Crippen LogP contribution < -0.4 is 11.0 Å². The minimum Gasteiger partial charge on any atom is -0.347 e. The molecule has 0 radical (unpaired) electrons. The number of tetrazole rings is 1. The van der Waals surface area contributed by atoms with Crippen LogP contribution in [0.5, 0.6) is 0 Å². The number of hydrogen-bond acceptors (Lipinski definition) is 4. The third-order valence-electron chi connectivity index (χ3n) is 4.15. The molecule has 0 aliphatic carbocycles. The van der Waals surface area contributed by atoms with Crippen molar-refractivity contribution in [2.45, 2.75) is 26.4 Å². The highest BCUT2D eigenvalue weighted by molar-refractivity contribution is 5.76. The molecule has 0 unspecified atom stereocenters. The molecule has 0 saturated heterocycles. The van der Waals surface area contributed by atoms with Gasteiger partial charge in [0.05, 0.1) is 11.7 Å². The molecule has 27 heavy (non-hydrogen) atoms. The molecule has 8 heteroatoms. The molecular formula is C19H20FN5O2. The van der Waals surface area contributed by atoms with Crippen LogP contribution in [0.25, 0.3) is 5.69 Å². The van der Waals surface area contributed by atoms with Gasteiger partial charge in [-0.2, -0.15) is 9.36 Å². The van der Waals surface area contributed by atoms with Crippen LogP contribution in [0.4, 0.5) is 4.39 Å². The van der Waals surface area contributed by atoms with E-state index in [9.17, 15) is 14.0 Å². The lowest BCUT2D eigenvalue weighted by Gasteiger charge is -2.22. The van der Waals surface area contributed by atoms with E-state index < -0.39 is 5.69 Å². The predicted molar refractivity (Wildman–Crippen MR) is 97.7 cm³/mol. The van der Waals surface area contributed by atoms with Crippen molar-refractivity contribution >= 4 is 5.91 Å². The zero-order valence-electron chi connectivity index (χ0n) is 15.0. The molecule has 3 aromatic rings. The molecule has 3 rings (SSSR count). The van der Waals surface area contributed by atoms with Gasteiger partial charge >= 0.3 is 5.69 Å². The van der Waals surface area contributed by atoms with Crippen LogP contribution in [-0.2, 0) is 11.3 Å². The second-order valence-corrected chi connectivity index (χ2v) is 6.51. The Kier molecular flexibility index (Phi) is 5.44. The summed E-state index contributed by atoms with van der Waals surface area (Å²) in [5.41, 5.74) is 0.861. The highest BCUT2D eigenvalue weighted by atomic mass is 19.1. The minimum absolute atomic E-state index is 0.0798. The lowest BCUT2D eigenvalue weighted by atomic mass is 9.96. The van der Waals surface area contributed by atoms with Crippen molar-refractivity contribution in [2.75, 3.05) is 0 Å². The van der Waals surface area contributed by atoms with Gasteiger partial charge in [0.25, 0.3) is 0 Å². The third-order valence-corrected chi connectivity index (χ3v) is 4.15. The topological polar surface area (TPSA) is 81.8 Å². The first kappa shape index (κ1) is 18.5. The quantitative estimate of drug-likeness (QED) is 0.721. The Morgan fingerprint density at radius 3 is 2.37 bits per heavy atom. The summed E-state index contributed by atoms with van der Waals surface area (Å²) in [6.07, 6.45) is 0. The monoisotopic (exact) mass is 369 g/mol. The zero-order chi connectivity index (χ0) is 19.4. The fourth-order valence-corrected chi connectivity index (χ4v) is 2.76. The van der Waals surface area contributed by atoms with Crippen molar-refractivity contribution in [3.8, 4) is 5.69 Å². The molecule has 0 fully saturated rings. The fourth-order valence-electron chi connectivity index (χ4n) is 2.76. The molecule has 1 aromatic heterocycles. The summed E-state index contributed by atoms with van der Waals surface area (Å²) < 4.78 is 15.3. The van der Waals surface area contributed by atoms with Gasteiger partial charge in [0.15, 0.2) is 0 Å².